The number of ether oxygens (including phenoxy) is 2. The van der Waals surface area contributed by atoms with Gasteiger partial charge in [-0.1, -0.05) is 12.2 Å². The second-order valence-electron chi connectivity index (χ2n) is 9.06. The zero-order valence-corrected chi connectivity index (χ0v) is 21.4. The lowest BCUT2D eigenvalue weighted by atomic mass is 9.88. The molecule has 0 saturated carbocycles. The molecule has 2 aromatic rings. The molecule has 1 amide bonds. The van der Waals surface area contributed by atoms with Crippen molar-refractivity contribution >= 4 is 46.3 Å². The van der Waals surface area contributed by atoms with Crippen molar-refractivity contribution < 1.29 is 23.5 Å². The normalized spacial score (nSPS) is 18.5. The van der Waals surface area contributed by atoms with Gasteiger partial charge in [0.05, 0.1) is 48.2 Å². The highest BCUT2D eigenvalue weighted by atomic mass is 32.1. The largest absolute Gasteiger partial charge is 0.465 e. The summed E-state index contributed by atoms with van der Waals surface area (Å²) in [5.41, 5.74) is 1.16. The maximum atomic E-state index is 15.2. The van der Waals surface area contributed by atoms with E-state index in [9.17, 15) is 14.9 Å². The molecule has 0 aromatic heterocycles. The van der Waals surface area contributed by atoms with Crippen LogP contribution in [0.3, 0.4) is 0 Å². The SMILES string of the molecule is COC(=O)c1ccc(NC2(C#N)CCN(c3ccc(N4CC(CNC(C)=S)OC4=O)cc3F)CC2)cc1. The number of piperidine rings is 1. The molecule has 2 heterocycles. The number of hydrogen-bond acceptors (Lipinski definition) is 8. The number of esters is 1. The van der Waals surface area contributed by atoms with Crippen LogP contribution in [0, 0.1) is 17.1 Å². The predicted molar refractivity (Wildman–Crippen MR) is 141 cm³/mol. The van der Waals surface area contributed by atoms with E-state index in [-0.39, 0.29) is 6.10 Å². The van der Waals surface area contributed by atoms with Crippen LogP contribution in [0.15, 0.2) is 42.5 Å². The number of hydrogen-bond donors (Lipinski definition) is 2. The third-order valence-corrected chi connectivity index (χ3v) is 6.70. The number of nitriles is 1. The molecule has 37 heavy (non-hydrogen) atoms. The van der Waals surface area contributed by atoms with Gasteiger partial charge in [0.2, 0.25) is 0 Å². The van der Waals surface area contributed by atoms with E-state index < -0.39 is 23.4 Å². The maximum absolute atomic E-state index is 15.2. The Morgan fingerprint density at radius 2 is 1.97 bits per heavy atom. The van der Waals surface area contributed by atoms with Gasteiger partial charge in [-0.25, -0.2) is 14.0 Å². The third kappa shape index (κ3) is 5.91. The molecule has 2 N–H and O–H groups in total. The molecule has 9 nitrogen and oxygen atoms in total. The van der Waals surface area contributed by atoms with E-state index in [0.29, 0.717) is 66.6 Å². The van der Waals surface area contributed by atoms with E-state index in [4.69, 9.17) is 21.7 Å². The van der Waals surface area contributed by atoms with E-state index in [1.165, 1.54) is 18.1 Å². The summed E-state index contributed by atoms with van der Waals surface area (Å²) in [5.74, 6) is -0.875. The minimum Gasteiger partial charge on any atom is -0.465 e. The topological polar surface area (TPSA) is 107 Å². The van der Waals surface area contributed by atoms with Crippen LogP contribution in [0.2, 0.25) is 0 Å². The maximum Gasteiger partial charge on any atom is 0.414 e. The van der Waals surface area contributed by atoms with Crippen LogP contribution < -0.4 is 20.4 Å². The number of thiocarbonyl (C=S) groups is 1. The van der Waals surface area contributed by atoms with Crippen molar-refractivity contribution in [1.82, 2.24) is 5.32 Å². The first-order valence-corrected chi connectivity index (χ1v) is 12.3. The van der Waals surface area contributed by atoms with Crippen molar-refractivity contribution in [3.05, 3.63) is 53.8 Å². The molecule has 2 aliphatic rings. The molecule has 194 valence electrons. The number of rotatable bonds is 7. The molecule has 11 heteroatoms. The lowest BCUT2D eigenvalue weighted by molar-refractivity contribution is 0.0600. The molecule has 0 spiro atoms. The standard InChI is InChI=1S/C26H28FN5O4S/c1-17(37)29-14-21-15-32(25(34)36-21)20-7-8-23(22(27)13-20)31-11-9-26(16-28,10-12-31)30-19-5-3-18(4-6-19)24(33)35-2/h3-8,13,21,30H,9-12,14-15H2,1-2H3,(H,29,37). The summed E-state index contributed by atoms with van der Waals surface area (Å²) in [4.78, 5) is 27.9. The van der Waals surface area contributed by atoms with Gasteiger partial charge in [0.1, 0.15) is 17.5 Å². The number of nitrogens with zero attached hydrogens (tertiary/aromatic N) is 3. The Bertz CT molecular complexity index is 1220. The number of methoxy groups -OCH3 is 1. The van der Waals surface area contributed by atoms with Crippen LogP contribution in [0.25, 0.3) is 0 Å². The Morgan fingerprint density at radius 3 is 2.57 bits per heavy atom. The monoisotopic (exact) mass is 525 g/mol. The summed E-state index contributed by atoms with van der Waals surface area (Å²) < 4.78 is 25.2. The Morgan fingerprint density at radius 1 is 1.27 bits per heavy atom. The van der Waals surface area contributed by atoms with E-state index in [1.54, 1.807) is 43.3 Å². The van der Waals surface area contributed by atoms with Crippen molar-refractivity contribution in [3.8, 4) is 6.07 Å². The zero-order chi connectivity index (χ0) is 26.6. The highest BCUT2D eigenvalue weighted by Crippen LogP contribution is 2.33. The average molecular weight is 526 g/mol. The second-order valence-corrected chi connectivity index (χ2v) is 9.68. The van der Waals surface area contributed by atoms with Crippen LogP contribution in [0.4, 0.5) is 26.2 Å². The molecule has 1 unspecified atom stereocenters. The highest BCUT2D eigenvalue weighted by Gasteiger charge is 2.36. The second kappa shape index (κ2) is 11.0. The summed E-state index contributed by atoms with van der Waals surface area (Å²) in [5, 5.41) is 16.2. The number of halogens is 1. The first-order chi connectivity index (χ1) is 17.7. The molecule has 2 fully saturated rings. The smallest absolute Gasteiger partial charge is 0.414 e. The molecule has 1 atom stereocenters. The van der Waals surface area contributed by atoms with Crippen molar-refractivity contribution in [2.45, 2.75) is 31.4 Å². The van der Waals surface area contributed by atoms with Crippen LogP contribution in [-0.4, -0.2) is 62.0 Å². The fourth-order valence-electron chi connectivity index (χ4n) is 4.49. The summed E-state index contributed by atoms with van der Waals surface area (Å²) in [6, 6.07) is 13.8. The molecule has 2 aromatic carbocycles. The number of benzene rings is 2. The molecule has 0 aliphatic carbocycles. The van der Waals surface area contributed by atoms with Crippen LogP contribution in [-0.2, 0) is 9.47 Å². The molecule has 4 rings (SSSR count). The molecule has 2 saturated heterocycles. The fourth-order valence-corrected chi connectivity index (χ4v) is 4.58. The summed E-state index contributed by atoms with van der Waals surface area (Å²) in [6.45, 7) is 3.38. The Hall–Kier alpha value is -3.91. The molecular formula is C26H28FN5O4S. The van der Waals surface area contributed by atoms with Crippen molar-refractivity contribution in [2.75, 3.05) is 48.4 Å². The van der Waals surface area contributed by atoms with E-state index in [1.807, 2.05) is 4.90 Å². The summed E-state index contributed by atoms with van der Waals surface area (Å²) in [6.07, 6.45) is 0.0353. The molecule has 0 bridgehead atoms. The number of amides is 1. The van der Waals surface area contributed by atoms with E-state index in [2.05, 4.69) is 16.7 Å². The van der Waals surface area contributed by atoms with Gasteiger partial charge in [-0.3, -0.25) is 4.90 Å². The van der Waals surface area contributed by atoms with Crippen LogP contribution in [0.1, 0.15) is 30.1 Å². The average Bonchev–Trinajstić information content (AvgIpc) is 3.28. The highest BCUT2D eigenvalue weighted by molar-refractivity contribution is 7.80. The predicted octanol–water partition coefficient (Wildman–Crippen LogP) is 3.85. The minimum atomic E-state index is -0.817. The zero-order valence-electron chi connectivity index (χ0n) is 20.6. The van der Waals surface area contributed by atoms with Gasteiger partial charge in [0.15, 0.2) is 0 Å². The number of nitrogens with one attached hydrogen (secondary N) is 2. The summed E-state index contributed by atoms with van der Waals surface area (Å²) >= 11 is 4.99. The van der Waals surface area contributed by atoms with Crippen molar-refractivity contribution in [2.24, 2.45) is 0 Å². The molecule has 2 aliphatic heterocycles. The molecule has 0 radical (unpaired) electrons. The van der Waals surface area contributed by atoms with Gasteiger partial charge in [-0.05, 0) is 49.4 Å². The Kier molecular flexibility index (Phi) is 7.78. The fraction of sp³-hybridized carbons (Fsp3) is 0.385. The minimum absolute atomic E-state index is 0.300. The van der Waals surface area contributed by atoms with Gasteiger partial charge in [-0.15, -0.1) is 0 Å². The van der Waals surface area contributed by atoms with Gasteiger partial charge in [0, 0.05) is 31.6 Å². The number of cyclic esters (lactones) is 1. The van der Waals surface area contributed by atoms with Crippen LogP contribution >= 0.6 is 12.2 Å². The number of carbonyl (C=O) groups is 2. The quantitative estimate of drug-likeness (QED) is 0.412. The van der Waals surface area contributed by atoms with Gasteiger partial charge in [0.25, 0.3) is 0 Å². The first kappa shape index (κ1) is 26.2. The third-order valence-electron chi connectivity index (χ3n) is 6.56. The lowest BCUT2D eigenvalue weighted by Crippen LogP contribution is -2.48. The summed E-state index contributed by atoms with van der Waals surface area (Å²) in [7, 11) is 1.32. The van der Waals surface area contributed by atoms with E-state index in [0.717, 1.165) is 0 Å². The van der Waals surface area contributed by atoms with Gasteiger partial charge < -0.3 is 25.0 Å². The number of anilines is 3. The Balaban J connectivity index is 1.39. The lowest BCUT2D eigenvalue weighted by Gasteiger charge is -2.39. The van der Waals surface area contributed by atoms with Gasteiger partial charge in [-0.2, -0.15) is 5.26 Å². The first-order valence-electron chi connectivity index (χ1n) is 11.9. The van der Waals surface area contributed by atoms with Crippen molar-refractivity contribution in [3.63, 3.8) is 0 Å². The Labute approximate surface area is 220 Å². The van der Waals surface area contributed by atoms with Crippen molar-refractivity contribution in [1.29, 1.82) is 5.26 Å². The molecular weight excluding hydrogens is 497 g/mol. The van der Waals surface area contributed by atoms with Crippen LogP contribution in [0.5, 0.6) is 0 Å². The van der Waals surface area contributed by atoms with Gasteiger partial charge >= 0.3 is 12.1 Å². The van der Waals surface area contributed by atoms with E-state index >= 15 is 4.39 Å². The number of carbonyl (C=O) groups excluding carboxylic acids is 2.